The first-order chi connectivity index (χ1) is 13.8. The van der Waals surface area contributed by atoms with Crippen molar-refractivity contribution in [2.75, 3.05) is 37.6 Å². The number of nitrogens with one attached hydrogen (secondary N) is 1. The lowest BCUT2D eigenvalue weighted by atomic mass is 9.93. The number of carbonyl (C=O) groups is 2. The average Bonchev–Trinajstić information content (AvgIpc) is 2.81. The van der Waals surface area contributed by atoms with Gasteiger partial charge in [0, 0.05) is 17.8 Å². The van der Waals surface area contributed by atoms with Crippen LogP contribution in [0.2, 0.25) is 0 Å². The number of rotatable bonds is 5. The Bertz CT molecular complexity index is 939. The van der Waals surface area contributed by atoms with Gasteiger partial charge in [0.15, 0.2) is 11.5 Å². The van der Waals surface area contributed by atoms with Crippen LogP contribution in [-0.4, -0.2) is 39.2 Å². The molecule has 29 heavy (non-hydrogen) atoms. The van der Waals surface area contributed by atoms with Gasteiger partial charge < -0.3 is 24.4 Å². The summed E-state index contributed by atoms with van der Waals surface area (Å²) >= 11 is 0. The molecule has 0 radical (unpaired) electrons. The van der Waals surface area contributed by atoms with Gasteiger partial charge in [0.2, 0.25) is 5.91 Å². The second kappa shape index (κ2) is 8.03. The molecule has 2 amide bonds. The van der Waals surface area contributed by atoms with Crippen LogP contribution in [0.1, 0.15) is 31.1 Å². The van der Waals surface area contributed by atoms with Gasteiger partial charge in [-0.2, -0.15) is 0 Å². The van der Waals surface area contributed by atoms with E-state index in [-0.39, 0.29) is 11.8 Å². The molecule has 7 nitrogen and oxygen atoms in total. The summed E-state index contributed by atoms with van der Waals surface area (Å²) < 4.78 is 16.3. The Balaban J connectivity index is 1.89. The summed E-state index contributed by atoms with van der Waals surface area (Å²) in [7, 11) is 3.06. The van der Waals surface area contributed by atoms with Crippen LogP contribution >= 0.6 is 0 Å². The van der Waals surface area contributed by atoms with Crippen molar-refractivity contribution in [1.29, 1.82) is 0 Å². The van der Waals surface area contributed by atoms with Gasteiger partial charge in [0.05, 0.1) is 25.3 Å². The molecule has 0 aromatic heterocycles. The first kappa shape index (κ1) is 20.5. The third-order valence-corrected chi connectivity index (χ3v) is 4.88. The molecule has 0 saturated heterocycles. The van der Waals surface area contributed by atoms with E-state index in [0.717, 1.165) is 0 Å². The summed E-state index contributed by atoms with van der Waals surface area (Å²) in [5, 5.41) is 2.87. The molecular formula is C22H26N2O5. The van der Waals surface area contributed by atoms with Gasteiger partial charge in [-0.3, -0.25) is 9.59 Å². The van der Waals surface area contributed by atoms with Gasteiger partial charge in [0.25, 0.3) is 5.91 Å². The molecule has 2 aromatic carbocycles. The zero-order valence-electron chi connectivity index (χ0n) is 17.4. The Morgan fingerprint density at radius 2 is 1.86 bits per heavy atom. The molecule has 0 spiro atoms. The third kappa shape index (κ3) is 3.99. The topological polar surface area (TPSA) is 77.1 Å². The normalized spacial score (nSPS) is 15.1. The van der Waals surface area contributed by atoms with Crippen LogP contribution in [0, 0.1) is 5.41 Å². The lowest BCUT2D eigenvalue weighted by Crippen LogP contribution is -2.42. The minimum absolute atomic E-state index is 0.0119. The number of anilines is 2. The Morgan fingerprint density at radius 1 is 1.14 bits per heavy atom. The molecule has 0 aliphatic carbocycles. The number of methoxy groups -OCH3 is 2. The van der Waals surface area contributed by atoms with E-state index in [9.17, 15) is 9.59 Å². The summed E-state index contributed by atoms with van der Waals surface area (Å²) in [6, 6.07) is 10.2. The minimum Gasteiger partial charge on any atom is -0.493 e. The van der Waals surface area contributed by atoms with Crippen molar-refractivity contribution in [3.63, 3.8) is 0 Å². The standard InChI is InChI=1S/C22H26N2O5/c1-6-24-16-12-15(8-10-17(16)29-13-22(2,3)21(24)26)23-20(25)14-7-9-18(27-4)19(11-14)28-5/h7-12H,6,13H2,1-5H3,(H,23,25). The second-order valence-electron chi connectivity index (χ2n) is 7.43. The summed E-state index contributed by atoms with van der Waals surface area (Å²) in [5.74, 6) is 1.33. The molecule has 2 aromatic rings. The Labute approximate surface area is 170 Å². The SMILES string of the molecule is CCN1C(=O)C(C)(C)COc2ccc(NC(=O)c3ccc(OC)c(OC)c3)cc21. The lowest BCUT2D eigenvalue weighted by molar-refractivity contribution is -0.127. The fraction of sp³-hybridized carbons (Fsp3) is 0.364. The van der Waals surface area contributed by atoms with Crippen LogP contribution < -0.4 is 24.4 Å². The molecule has 0 fully saturated rings. The maximum absolute atomic E-state index is 12.9. The van der Waals surface area contributed by atoms with Crippen LogP contribution in [0.3, 0.4) is 0 Å². The van der Waals surface area contributed by atoms with E-state index in [0.29, 0.717) is 47.3 Å². The van der Waals surface area contributed by atoms with Crippen molar-refractivity contribution in [3.05, 3.63) is 42.0 Å². The Kier molecular flexibility index (Phi) is 5.68. The van der Waals surface area contributed by atoms with E-state index in [1.165, 1.54) is 14.2 Å². The molecule has 0 unspecified atom stereocenters. The largest absolute Gasteiger partial charge is 0.493 e. The van der Waals surface area contributed by atoms with Crippen LogP contribution in [0.4, 0.5) is 11.4 Å². The fourth-order valence-electron chi connectivity index (χ4n) is 3.22. The first-order valence-electron chi connectivity index (χ1n) is 9.43. The van der Waals surface area contributed by atoms with Crippen LogP contribution in [0.5, 0.6) is 17.2 Å². The van der Waals surface area contributed by atoms with E-state index in [2.05, 4.69) is 5.32 Å². The Morgan fingerprint density at radius 3 is 2.52 bits per heavy atom. The Hall–Kier alpha value is -3.22. The molecule has 7 heteroatoms. The highest BCUT2D eigenvalue weighted by molar-refractivity contribution is 6.06. The number of hydrogen-bond donors (Lipinski definition) is 1. The highest BCUT2D eigenvalue weighted by atomic mass is 16.5. The highest BCUT2D eigenvalue weighted by Crippen LogP contribution is 2.38. The van der Waals surface area contributed by atoms with Gasteiger partial charge in [-0.15, -0.1) is 0 Å². The monoisotopic (exact) mass is 398 g/mol. The molecule has 1 aliphatic rings. The van der Waals surface area contributed by atoms with E-state index in [1.807, 2.05) is 20.8 Å². The van der Waals surface area contributed by atoms with Gasteiger partial charge >= 0.3 is 0 Å². The van der Waals surface area contributed by atoms with E-state index >= 15 is 0 Å². The quantitative estimate of drug-likeness (QED) is 0.831. The number of fused-ring (bicyclic) bond motifs is 1. The molecule has 0 bridgehead atoms. The van der Waals surface area contributed by atoms with Crippen LogP contribution in [0.25, 0.3) is 0 Å². The molecular weight excluding hydrogens is 372 g/mol. The lowest BCUT2D eigenvalue weighted by Gasteiger charge is -2.27. The zero-order chi connectivity index (χ0) is 21.2. The van der Waals surface area contributed by atoms with Gasteiger partial charge in [-0.05, 0) is 57.2 Å². The number of carbonyl (C=O) groups excluding carboxylic acids is 2. The first-order valence-corrected chi connectivity index (χ1v) is 9.43. The number of nitrogens with zero attached hydrogens (tertiary/aromatic N) is 1. The van der Waals surface area contributed by atoms with E-state index in [1.54, 1.807) is 41.3 Å². The third-order valence-electron chi connectivity index (χ3n) is 4.88. The molecule has 0 atom stereocenters. The molecule has 1 aliphatic heterocycles. The molecule has 1 N–H and O–H groups in total. The maximum atomic E-state index is 12.9. The fourth-order valence-corrected chi connectivity index (χ4v) is 3.22. The summed E-state index contributed by atoms with van der Waals surface area (Å²) in [5.41, 5.74) is 1.02. The van der Waals surface area contributed by atoms with Crippen molar-refractivity contribution < 1.29 is 23.8 Å². The van der Waals surface area contributed by atoms with Crippen molar-refractivity contribution in [2.45, 2.75) is 20.8 Å². The molecule has 3 rings (SSSR count). The van der Waals surface area contributed by atoms with Crippen molar-refractivity contribution in [1.82, 2.24) is 0 Å². The van der Waals surface area contributed by atoms with E-state index in [4.69, 9.17) is 14.2 Å². The molecule has 154 valence electrons. The summed E-state index contributed by atoms with van der Waals surface area (Å²) in [6.07, 6.45) is 0. The number of hydrogen-bond acceptors (Lipinski definition) is 5. The molecule has 1 heterocycles. The van der Waals surface area contributed by atoms with Crippen LogP contribution in [-0.2, 0) is 4.79 Å². The summed E-state index contributed by atoms with van der Waals surface area (Å²) in [6.45, 7) is 6.45. The van der Waals surface area contributed by atoms with Gasteiger partial charge in [-0.1, -0.05) is 0 Å². The number of amides is 2. The smallest absolute Gasteiger partial charge is 0.255 e. The summed E-state index contributed by atoms with van der Waals surface area (Å²) in [4.78, 5) is 27.3. The average molecular weight is 398 g/mol. The predicted octanol–water partition coefficient (Wildman–Crippen LogP) is 3.73. The van der Waals surface area contributed by atoms with Crippen molar-refractivity contribution in [3.8, 4) is 17.2 Å². The maximum Gasteiger partial charge on any atom is 0.255 e. The zero-order valence-corrected chi connectivity index (χ0v) is 17.4. The van der Waals surface area contributed by atoms with Gasteiger partial charge in [0.1, 0.15) is 12.4 Å². The van der Waals surface area contributed by atoms with E-state index < -0.39 is 5.41 Å². The van der Waals surface area contributed by atoms with Crippen LogP contribution in [0.15, 0.2) is 36.4 Å². The number of benzene rings is 2. The van der Waals surface area contributed by atoms with Crippen molar-refractivity contribution in [2.24, 2.45) is 5.41 Å². The van der Waals surface area contributed by atoms with Crippen molar-refractivity contribution >= 4 is 23.2 Å². The minimum atomic E-state index is -0.627. The van der Waals surface area contributed by atoms with Gasteiger partial charge in [-0.25, -0.2) is 0 Å². The second-order valence-corrected chi connectivity index (χ2v) is 7.43. The predicted molar refractivity (Wildman–Crippen MR) is 111 cm³/mol. The number of ether oxygens (including phenoxy) is 3. The highest BCUT2D eigenvalue weighted by Gasteiger charge is 2.37. The molecule has 0 saturated carbocycles.